The van der Waals surface area contributed by atoms with Gasteiger partial charge >= 0.3 is 0 Å². The van der Waals surface area contributed by atoms with Crippen molar-refractivity contribution in [3.05, 3.63) is 32.7 Å². The molecule has 0 fully saturated rings. The molecule has 0 aliphatic carbocycles. The summed E-state index contributed by atoms with van der Waals surface area (Å²) in [5, 5.41) is 0. The molecule has 1 aromatic carbocycles. The molecule has 0 aliphatic heterocycles. The molecule has 0 heterocycles. The molecular weight excluding hydrogens is 268 g/mol. The Balaban J connectivity index is 3.13. The minimum absolute atomic E-state index is 0.571. The predicted octanol–water partition coefficient (Wildman–Crippen LogP) is 4.34. The topological polar surface area (TPSA) is 0 Å². The van der Waals surface area contributed by atoms with Crippen molar-refractivity contribution in [1.82, 2.24) is 0 Å². The first-order chi connectivity index (χ1) is 5.11. The van der Waals surface area contributed by atoms with E-state index in [0.717, 1.165) is 4.47 Å². The molecule has 0 unspecified atom stereocenters. The number of rotatable bonds is 1. The van der Waals surface area contributed by atoms with Gasteiger partial charge in [0.25, 0.3) is 0 Å². The monoisotopic (exact) mass is 276 g/mol. The fourth-order valence-electron chi connectivity index (χ4n) is 0.957. The van der Waals surface area contributed by atoms with Crippen molar-refractivity contribution in [3.63, 3.8) is 0 Å². The molecule has 0 bridgehead atoms. The van der Waals surface area contributed by atoms with Gasteiger partial charge in [0.1, 0.15) is 0 Å². The molecular formula is C9H10Br2. The van der Waals surface area contributed by atoms with E-state index < -0.39 is 0 Å². The Bertz CT molecular complexity index is 254. The fraction of sp³-hybridized carbons (Fsp3) is 0.333. The summed E-state index contributed by atoms with van der Waals surface area (Å²) in [5.41, 5.74) is 1.35. The van der Waals surface area contributed by atoms with Gasteiger partial charge in [0, 0.05) is 8.95 Å². The van der Waals surface area contributed by atoms with Crippen LogP contribution >= 0.6 is 31.9 Å². The molecule has 0 aromatic heterocycles. The first-order valence-corrected chi connectivity index (χ1v) is 5.15. The minimum Gasteiger partial charge on any atom is -0.0586 e. The van der Waals surface area contributed by atoms with E-state index in [9.17, 15) is 0 Å². The van der Waals surface area contributed by atoms with E-state index >= 15 is 0 Å². The lowest BCUT2D eigenvalue weighted by atomic mass is 10.0. The normalized spacial score (nSPS) is 10.6. The van der Waals surface area contributed by atoms with Gasteiger partial charge in [-0.3, -0.25) is 0 Å². The van der Waals surface area contributed by atoms with Gasteiger partial charge in [-0.05, 0) is 29.7 Å². The van der Waals surface area contributed by atoms with Gasteiger partial charge in [0.15, 0.2) is 0 Å². The molecule has 0 saturated carbocycles. The van der Waals surface area contributed by atoms with Gasteiger partial charge < -0.3 is 0 Å². The molecule has 60 valence electrons. The molecule has 1 aromatic rings. The molecule has 0 saturated heterocycles. The van der Waals surface area contributed by atoms with Crippen LogP contribution in [0.25, 0.3) is 0 Å². The second-order valence-electron chi connectivity index (χ2n) is 2.82. The third-order valence-electron chi connectivity index (χ3n) is 1.58. The van der Waals surface area contributed by atoms with Crippen molar-refractivity contribution < 1.29 is 0 Å². The van der Waals surface area contributed by atoms with E-state index in [4.69, 9.17) is 0 Å². The summed E-state index contributed by atoms with van der Waals surface area (Å²) in [4.78, 5) is 0. The van der Waals surface area contributed by atoms with Crippen LogP contribution in [0.4, 0.5) is 0 Å². The van der Waals surface area contributed by atoms with E-state index in [2.05, 4.69) is 57.8 Å². The van der Waals surface area contributed by atoms with Crippen molar-refractivity contribution >= 4 is 31.9 Å². The van der Waals surface area contributed by atoms with Crippen LogP contribution in [0.1, 0.15) is 25.3 Å². The summed E-state index contributed by atoms with van der Waals surface area (Å²) in [6, 6.07) is 6.25. The summed E-state index contributed by atoms with van der Waals surface area (Å²) in [5.74, 6) is 0.571. The lowest BCUT2D eigenvalue weighted by Gasteiger charge is -2.07. The number of halogens is 2. The van der Waals surface area contributed by atoms with Crippen LogP contribution in [0.5, 0.6) is 0 Å². The Morgan fingerprint density at radius 3 is 2.27 bits per heavy atom. The van der Waals surface area contributed by atoms with Crippen LogP contribution in [-0.4, -0.2) is 0 Å². The number of benzene rings is 1. The lowest BCUT2D eigenvalue weighted by molar-refractivity contribution is 0.860. The first-order valence-electron chi connectivity index (χ1n) is 3.56. The maximum atomic E-state index is 3.51. The molecule has 0 amide bonds. The van der Waals surface area contributed by atoms with Gasteiger partial charge in [-0.15, -0.1) is 0 Å². The maximum Gasteiger partial charge on any atom is 0.0210 e. The summed E-state index contributed by atoms with van der Waals surface area (Å²) in [6.07, 6.45) is 0. The van der Waals surface area contributed by atoms with Crippen LogP contribution in [0, 0.1) is 0 Å². The summed E-state index contributed by atoms with van der Waals surface area (Å²) in [7, 11) is 0. The smallest absolute Gasteiger partial charge is 0.0210 e. The maximum absolute atomic E-state index is 3.51. The van der Waals surface area contributed by atoms with E-state index in [-0.39, 0.29) is 0 Å². The zero-order valence-corrected chi connectivity index (χ0v) is 9.74. The Kier molecular flexibility index (Phi) is 3.14. The number of hydrogen-bond acceptors (Lipinski definition) is 0. The Hall–Kier alpha value is 0.180. The fourth-order valence-corrected chi connectivity index (χ4v) is 2.04. The van der Waals surface area contributed by atoms with Gasteiger partial charge in [-0.1, -0.05) is 45.7 Å². The van der Waals surface area contributed by atoms with Crippen molar-refractivity contribution in [2.24, 2.45) is 0 Å². The van der Waals surface area contributed by atoms with Crippen LogP contribution in [-0.2, 0) is 0 Å². The van der Waals surface area contributed by atoms with Crippen LogP contribution in [0.15, 0.2) is 27.1 Å². The van der Waals surface area contributed by atoms with E-state index in [1.165, 1.54) is 10.0 Å². The summed E-state index contributed by atoms with van der Waals surface area (Å²) < 4.78 is 2.33. The highest BCUT2D eigenvalue weighted by Crippen LogP contribution is 2.27. The molecule has 0 radical (unpaired) electrons. The third-order valence-corrected chi connectivity index (χ3v) is 2.80. The molecule has 11 heavy (non-hydrogen) atoms. The van der Waals surface area contributed by atoms with E-state index in [1.54, 1.807) is 0 Å². The minimum atomic E-state index is 0.571. The van der Waals surface area contributed by atoms with Gasteiger partial charge in [-0.25, -0.2) is 0 Å². The van der Waals surface area contributed by atoms with E-state index in [1.807, 2.05) is 6.07 Å². The molecule has 0 spiro atoms. The van der Waals surface area contributed by atoms with Gasteiger partial charge in [0.2, 0.25) is 0 Å². The van der Waals surface area contributed by atoms with Crippen LogP contribution in [0.3, 0.4) is 0 Å². The Labute approximate surface area is 84.3 Å². The quantitative estimate of drug-likeness (QED) is 0.717. The molecule has 0 nitrogen and oxygen atoms in total. The number of hydrogen-bond donors (Lipinski definition) is 0. The Morgan fingerprint density at radius 2 is 1.82 bits per heavy atom. The second-order valence-corrected chi connectivity index (χ2v) is 4.59. The molecule has 0 aliphatic rings. The highest BCUT2D eigenvalue weighted by atomic mass is 79.9. The largest absolute Gasteiger partial charge is 0.0586 e. The van der Waals surface area contributed by atoms with Crippen molar-refractivity contribution in [1.29, 1.82) is 0 Å². The first kappa shape index (κ1) is 9.27. The molecule has 2 heteroatoms. The zero-order chi connectivity index (χ0) is 8.43. The predicted molar refractivity (Wildman–Crippen MR) is 55.9 cm³/mol. The SMILES string of the molecule is CC(C)c1cc(Br)ccc1Br. The lowest BCUT2D eigenvalue weighted by Crippen LogP contribution is -1.88. The van der Waals surface area contributed by atoms with Gasteiger partial charge in [-0.2, -0.15) is 0 Å². The second kappa shape index (κ2) is 3.72. The van der Waals surface area contributed by atoms with Crippen molar-refractivity contribution in [2.75, 3.05) is 0 Å². The summed E-state index contributed by atoms with van der Waals surface area (Å²) >= 11 is 6.95. The highest BCUT2D eigenvalue weighted by molar-refractivity contribution is 9.11. The highest BCUT2D eigenvalue weighted by Gasteiger charge is 2.03. The molecule has 0 atom stereocenters. The van der Waals surface area contributed by atoms with Gasteiger partial charge in [0.05, 0.1) is 0 Å². The van der Waals surface area contributed by atoms with E-state index in [0.29, 0.717) is 5.92 Å². The molecule has 1 rings (SSSR count). The average Bonchev–Trinajstić information content (AvgIpc) is 1.94. The van der Waals surface area contributed by atoms with Crippen molar-refractivity contribution in [3.8, 4) is 0 Å². The van der Waals surface area contributed by atoms with Crippen LogP contribution < -0.4 is 0 Å². The molecule has 0 N–H and O–H groups in total. The zero-order valence-electron chi connectivity index (χ0n) is 6.57. The average molecular weight is 278 g/mol. The summed E-state index contributed by atoms with van der Waals surface area (Å²) in [6.45, 7) is 4.37. The van der Waals surface area contributed by atoms with Crippen molar-refractivity contribution in [2.45, 2.75) is 19.8 Å². The van der Waals surface area contributed by atoms with Crippen LogP contribution in [0.2, 0.25) is 0 Å². The Morgan fingerprint density at radius 1 is 1.18 bits per heavy atom. The third kappa shape index (κ3) is 2.31. The standard InChI is InChI=1S/C9H10Br2/c1-6(2)8-5-7(10)3-4-9(8)11/h3-6H,1-2H3.